The number of hydrogen-bond donors (Lipinski definition) is 2. The molecule has 1 aliphatic heterocycles. The molecule has 10 heteroatoms. The summed E-state index contributed by atoms with van der Waals surface area (Å²) in [7, 11) is -3.96. The van der Waals surface area contributed by atoms with Gasteiger partial charge in [0.25, 0.3) is 11.7 Å². The number of sulfonamides is 1. The zero-order valence-corrected chi connectivity index (χ0v) is 21.1. The zero-order valence-electron chi connectivity index (χ0n) is 20.2. The van der Waals surface area contributed by atoms with Gasteiger partial charge in [0, 0.05) is 11.8 Å². The van der Waals surface area contributed by atoms with Crippen molar-refractivity contribution in [2.75, 3.05) is 18.1 Å². The lowest BCUT2D eigenvalue weighted by Crippen LogP contribution is -2.29. The smallest absolute Gasteiger partial charge is 0.300 e. The minimum atomic E-state index is -3.96. The number of ketones is 1. The second kappa shape index (κ2) is 10.5. The van der Waals surface area contributed by atoms with Crippen LogP contribution in [0.2, 0.25) is 0 Å². The van der Waals surface area contributed by atoms with Crippen LogP contribution in [0.15, 0.2) is 83.3 Å². The highest BCUT2D eigenvalue weighted by atomic mass is 32.2. The molecule has 0 aliphatic carbocycles. The Bertz CT molecular complexity index is 1470. The number of Topliss-reactive ketones (excluding diaryl/α,β-unsaturated/α-hetero) is 1. The molecule has 4 rings (SSSR count). The Kier molecular flexibility index (Phi) is 7.33. The Morgan fingerprint density at radius 2 is 1.59 bits per heavy atom. The molecule has 1 atom stereocenters. The molecular weight excluding hydrogens is 496 g/mol. The number of aliphatic hydroxyl groups is 1. The lowest BCUT2D eigenvalue weighted by Gasteiger charge is -2.25. The second-order valence-electron chi connectivity index (χ2n) is 8.14. The normalized spacial score (nSPS) is 17.2. The number of aliphatic hydroxyl groups excluding tert-OH is 1. The number of nitrogens with zero attached hydrogens (tertiary/aromatic N) is 1. The Labute approximate surface area is 214 Å². The SMILES string of the molecule is CCOc1ccc(/C(O)=C2/C(=O)C(=O)N(c3ccc(S(N)(=O)=O)cc3)C2c2ccccc2)c(OCC)c1. The number of hydrogen-bond acceptors (Lipinski definition) is 7. The highest BCUT2D eigenvalue weighted by Crippen LogP contribution is 2.43. The van der Waals surface area contributed by atoms with Crippen LogP contribution >= 0.6 is 0 Å². The van der Waals surface area contributed by atoms with Gasteiger partial charge in [-0.25, -0.2) is 13.6 Å². The standard InChI is InChI=1S/C27H26N2O7S/c1-3-35-19-12-15-21(22(16-19)36-4-2)25(30)23-24(17-8-6-5-7-9-17)29(27(32)26(23)31)18-10-13-20(14-11-18)37(28,33)34/h5-16,24,30H,3-4H2,1-2H3,(H2,28,33,34)/b25-23-. The summed E-state index contributed by atoms with van der Waals surface area (Å²) in [5, 5.41) is 16.6. The highest BCUT2D eigenvalue weighted by Gasteiger charge is 2.47. The van der Waals surface area contributed by atoms with Gasteiger partial charge in [-0.2, -0.15) is 0 Å². The van der Waals surface area contributed by atoms with Crippen molar-refractivity contribution in [3.8, 4) is 11.5 Å². The first-order valence-corrected chi connectivity index (χ1v) is 13.1. The fraction of sp³-hybridized carbons (Fsp3) is 0.185. The van der Waals surface area contributed by atoms with E-state index >= 15 is 0 Å². The Hall–Kier alpha value is -4.15. The minimum absolute atomic E-state index is 0.128. The molecule has 1 fully saturated rings. The largest absolute Gasteiger partial charge is 0.507 e. The molecule has 0 radical (unpaired) electrons. The number of anilines is 1. The second-order valence-corrected chi connectivity index (χ2v) is 9.70. The summed E-state index contributed by atoms with van der Waals surface area (Å²) in [6.45, 7) is 4.35. The fourth-order valence-electron chi connectivity index (χ4n) is 4.22. The molecule has 3 aromatic rings. The molecule has 1 aliphatic rings. The van der Waals surface area contributed by atoms with Crippen molar-refractivity contribution < 1.29 is 32.6 Å². The van der Waals surface area contributed by atoms with Gasteiger partial charge in [-0.1, -0.05) is 30.3 Å². The van der Waals surface area contributed by atoms with Crippen LogP contribution in [-0.2, 0) is 19.6 Å². The molecular formula is C27H26N2O7S. The van der Waals surface area contributed by atoms with Crippen molar-refractivity contribution in [1.29, 1.82) is 0 Å². The topological polar surface area (TPSA) is 136 Å². The van der Waals surface area contributed by atoms with Crippen molar-refractivity contribution in [2.24, 2.45) is 5.14 Å². The Balaban J connectivity index is 1.91. The summed E-state index contributed by atoms with van der Waals surface area (Å²) in [5.41, 5.74) is 0.937. The van der Waals surface area contributed by atoms with Crippen LogP contribution in [0.4, 0.5) is 5.69 Å². The van der Waals surface area contributed by atoms with Gasteiger partial charge in [0.05, 0.1) is 35.3 Å². The lowest BCUT2D eigenvalue weighted by molar-refractivity contribution is -0.132. The van der Waals surface area contributed by atoms with E-state index in [1.807, 2.05) is 6.92 Å². The first kappa shape index (κ1) is 25.9. The monoisotopic (exact) mass is 522 g/mol. The maximum Gasteiger partial charge on any atom is 0.300 e. The molecule has 1 unspecified atom stereocenters. The third-order valence-electron chi connectivity index (χ3n) is 5.82. The van der Waals surface area contributed by atoms with Crippen LogP contribution in [0.1, 0.15) is 31.0 Å². The van der Waals surface area contributed by atoms with Gasteiger partial charge >= 0.3 is 0 Å². The summed E-state index contributed by atoms with van der Waals surface area (Å²) in [5.74, 6) is -1.35. The number of benzene rings is 3. The molecule has 37 heavy (non-hydrogen) atoms. The fourth-order valence-corrected chi connectivity index (χ4v) is 4.74. The van der Waals surface area contributed by atoms with Gasteiger partial charge < -0.3 is 14.6 Å². The van der Waals surface area contributed by atoms with Crippen molar-refractivity contribution >= 4 is 33.2 Å². The van der Waals surface area contributed by atoms with Gasteiger partial charge in [0.1, 0.15) is 17.3 Å². The quantitative estimate of drug-likeness (QED) is 0.261. The van der Waals surface area contributed by atoms with Crippen molar-refractivity contribution in [3.63, 3.8) is 0 Å². The van der Waals surface area contributed by atoms with E-state index in [1.165, 1.54) is 29.2 Å². The summed E-state index contributed by atoms with van der Waals surface area (Å²) in [4.78, 5) is 27.8. The average molecular weight is 523 g/mol. The summed E-state index contributed by atoms with van der Waals surface area (Å²) < 4.78 is 34.6. The summed E-state index contributed by atoms with van der Waals surface area (Å²) >= 11 is 0. The van der Waals surface area contributed by atoms with Crippen LogP contribution in [0.25, 0.3) is 5.76 Å². The number of rotatable bonds is 8. The van der Waals surface area contributed by atoms with E-state index in [0.29, 0.717) is 30.3 Å². The maximum absolute atomic E-state index is 13.4. The predicted molar refractivity (Wildman–Crippen MR) is 138 cm³/mol. The van der Waals surface area contributed by atoms with Crippen molar-refractivity contribution in [3.05, 3.63) is 89.5 Å². The van der Waals surface area contributed by atoms with E-state index in [9.17, 15) is 23.1 Å². The number of primary sulfonamides is 1. The van der Waals surface area contributed by atoms with Crippen LogP contribution in [0, 0.1) is 0 Å². The lowest BCUT2D eigenvalue weighted by atomic mass is 9.95. The predicted octanol–water partition coefficient (Wildman–Crippen LogP) is 3.76. The summed E-state index contributed by atoms with van der Waals surface area (Å²) in [6.07, 6.45) is 0. The van der Waals surface area contributed by atoms with Crippen LogP contribution < -0.4 is 19.5 Å². The number of ether oxygens (including phenoxy) is 2. The molecule has 1 saturated heterocycles. The molecule has 9 nitrogen and oxygen atoms in total. The first-order chi connectivity index (χ1) is 17.7. The number of amides is 1. The number of nitrogens with two attached hydrogens (primary N) is 1. The minimum Gasteiger partial charge on any atom is -0.507 e. The Morgan fingerprint density at radius 3 is 2.19 bits per heavy atom. The van der Waals surface area contributed by atoms with Crippen molar-refractivity contribution in [1.82, 2.24) is 0 Å². The molecule has 3 aromatic carbocycles. The van der Waals surface area contributed by atoms with Gasteiger partial charge in [-0.05, 0) is 55.8 Å². The molecule has 0 aromatic heterocycles. The molecule has 0 saturated carbocycles. The van der Waals surface area contributed by atoms with Crippen LogP contribution in [-0.4, -0.2) is 38.4 Å². The number of carbonyl (C=O) groups excluding carboxylic acids is 2. The van der Waals surface area contributed by atoms with E-state index in [1.54, 1.807) is 55.5 Å². The van der Waals surface area contributed by atoms with E-state index in [-0.39, 0.29) is 21.7 Å². The molecule has 192 valence electrons. The molecule has 3 N–H and O–H groups in total. The van der Waals surface area contributed by atoms with Gasteiger partial charge in [-0.15, -0.1) is 0 Å². The third-order valence-corrected chi connectivity index (χ3v) is 6.75. The summed E-state index contributed by atoms with van der Waals surface area (Å²) in [6, 6.07) is 17.9. The first-order valence-electron chi connectivity index (χ1n) is 11.6. The maximum atomic E-state index is 13.4. The van der Waals surface area contributed by atoms with Gasteiger partial charge in [-0.3, -0.25) is 14.5 Å². The van der Waals surface area contributed by atoms with Crippen LogP contribution in [0.5, 0.6) is 11.5 Å². The van der Waals surface area contributed by atoms with Crippen LogP contribution in [0.3, 0.4) is 0 Å². The van der Waals surface area contributed by atoms with Gasteiger partial charge in [0.2, 0.25) is 10.0 Å². The molecule has 0 spiro atoms. The number of carbonyl (C=O) groups is 2. The highest BCUT2D eigenvalue weighted by molar-refractivity contribution is 7.89. The average Bonchev–Trinajstić information content (AvgIpc) is 3.14. The molecule has 1 amide bonds. The molecule has 1 heterocycles. The van der Waals surface area contributed by atoms with E-state index < -0.39 is 33.5 Å². The van der Waals surface area contributed by atoms with E-state index in [4.69, 9.17) is 14.6 Å². The van der Waals surface area contributed by atoms with Gasteiger partial charge in [0.15, 0.2) is 0 Å². The van der Waals surface area contributed by atoms with Crippen molar-refractivity contribution in [2.45, 2.75) is 24.8 Å². The zero-order chi connectivity index (χ0) is 26.7. The Morgan fingerprint density at radius 1 is 0.946 bits per heavy atom. The van der Waals surface area contributed by atoms with E-state index in [2.05, 4.69) is 0 Å². The third kappa shape index (κ3) is 5.07. The molecule has 0 bridgehead atoms. The van der Waals surface area contributed by atoms with E-state index in [0.717, 1.165) is 0 Å².